The molecule has 5 nitrogen and oxygen atoms in total. The van der Waals surface area contributed by atoms with Gasteiger partial charge in [0.1, 0.15) is 5.75 Å². The number of aryl methyl sites for hydroxylation is 2. The van der Waals surface area contributed by atoms with Crippen molar-refractivity contribution in [3.8, 4) is 5.75 Å². The van der Waals surface area contributed by atoms with Crippen LogP contribution < -0.4 is 16.0 Å². The molecule has 0 aliphatic heterocycles. The number of methoxy groups -OCH3 is 1. The molecule has 0 amide bonds. The molecule has 2 rings (SSSR count). The lowest BCUT2D eigenvalue weighted by atomic mass is 10.0. The largest absolute Gasteiger partial charge is 0.497 e. The number of nitrogens with two attached hydrogens (primary N) is 1. The monoisotopic (exact) mass is 308 g/mol. The molecule has 0 fully saturated rings. The highest BCUT2D eigenvalue weighted by Crippen LogP contribution is 2.21. The van der Waals surface area contributed by atoms with E-state index in [1.54, 1.807) is 7.11 Å². The van der Waals surface area contributed by atoms with Gasteiger partial charge in [-0.25, -0.2) is 0 Å². The third kappa shape index (κ3) is 3.75. The predicted octanol–water partition coefficient (Wildman–Crippen LogP) is 2.01. The van der Waals surface area contributed by atoms with Gasteiger partial charge >= 0.3 is 0 Å². The Balaban J connectivity index is 2.09. The van der Waals surface area contributed by atoms with E-state index in [0.717, 1.165) is 30.0 Å². The minimum absolute atomic E-state index is 0.0886. The van der Waals surface area contributed by atoms with E-state index in [4.69, 9.17) is 22.2 Å². The fourth-order valence-electron chi connectivity index (χ4n) is 2.37. The maximum absolute atomic E-state index is 6.29. The average molecular weight is 309 g/mol. The molecule has 3 N–H and O–H groups in total. The lowest BCUT2D eigenvalue weighted by Crippen LogP contribution is -2.39. The molecule has 6 heteroatoms. The number of ether oxygens (including phenoxy) is 1. The van der Waals surface area contributed by atoms with E-state index in [9.17, 15) is 0 Å². The number of benzene rings is 1. The summed E-state index contributed by atoms with van der Waals surface area (Å²) in [4.78, 5) is 0. The zero-order valence-corrected chi connectivity index (χ0v) is 13.3. The topological polar surface area (TPSA) is 65.1 Å². The maximum Gasteiger partial charge on any atom is 0.118 e. The van der Waals surface area contributed by atoms with E-state index in [1.165, 1.54) is 5.56 Å². The van der Waals surface area contributed by atoms with Gasteiger partial charge in [-0.05, 0) is 31.0 Å². The third-order valence-electron chi connectivity index (χ3n) is 3.58. The fraction of sp³-hybridized carbons (Fsp3) is 0.400. The van der Waals surface area contributed by atoms with E-state index < -0.39 is 0 Å². The summed E-state index contributed by atoms with van der Waals surface area (Å²) in [5, 5.41) is 5.04. The molecule has 1 unspecified atom stereocenters. The predicted molar refractivity (Wildman–Crippen MR) is 84.5 cm³/mol. The SMILES string of the molecule is COc1ccc(CC(Cc2c(Cl)c(C)nn2C)NN)cc1. The van der Waals surface area contributed by atoms with Crippen LogP contribution in [0, 0.1) is 6.92 Å². The first kappa shape index (κ1) is 15.8. The summed E-state index contributed by atoms with van der Waals surface area (Å²) in [5.74, 6) is 6.53. The van der Waals surface area contributed by atoms with E-state index >= 15 is 0 Å². The van der Waals surface area contributed by atoms with Gasteiger partial charge in [0.25, 0.3) is 0 Å². The van der Waals surface area contributed by atoms with E-state index in [1.807, 2.05) is 42.9 Å². The highest BCUT2D eigenvalue weighted by atomic mass is 35.5. The first-order valence-electron chi connectivity index (χ1n) is 6.82. The van der Waals surface area contributed by atoms with Gasteiger partial charge in [-0.1, -0.05) is 23.7 Å². The summed E-state index contributed by atoms with van der Waals surface area (Å²) in [6, 6.07) is 8.07. The van der Waals surface area contributed by atoms with Crippen LogP contribution in [0.3, 0.4) is 0 Å². The zero-order valence-electron chi connectivity index (χ0n) is 12.6. The molecule has 1 aromatic carbocycles. The lowest BCUT2D eigenvalue weighted by molar-refractivity contribution is 0.414. The number of rotatable bonds is 6. The number of hydrazine groups is 1. The Hall–Kier alpha value is -1.56. The molecule has 0 bridgehead atoms. The van der Waals surface area contributed by atoms with Crippen LogP contribution in [0.2, 0.25) is 5.02 Å². The normalized spacial score (nSPS) is 12.4. The molecule has 0 aliphatic rings. The molecule has 1 atom stereocenters. The van der Waals surface area contributed by atoms with Crippen molar-refractivity contribution in [1.29, 1.82) is 0 Å². The van der Waals surface area contributed by atoms with Crippen molar-refractivity contribution in [2.24, 2.45) is 12.9 Å². The van der Waals surface area contributed by atoms with Crippen molar-refractivity contribution >= 4 is 11.6 Å². The second-order valence-corrected chi connectivity index (χ2v) is 5.47. The second-order valence-electron chi connectivity index (χ2n) is 5.09. The van der Waals surface area contributed by atoms with Gasteiger partial charge in [-0.2, -0.15) is 5.10 Å². The molecule has 1 aromatic heterocycles. The average Bonchev–Trinajstić information content (AvgIpc) is 2.73. The quantitative estimate of drug-likeness (QED) is 0.633. The molecule has 114 valence electrons. The van der Waals surface area contributed by atoms with Crippen molar-refractivity contribution in [2.75, 3.05) is 7.11 Å². The number of aromatic nitrogens is 2. The van der Waals surface area contributed by atoms with Gasteiger partial charge in [0, 0.05) is 19.5 Å². The number of nitrogens with one attached hydrogen (secondary N) is 1. The molecular formula is C15H21ClN4O. The highest BCUT2D eigenvalue weighted by molar-refractivity contribution is 6.31. The van der Waals surface area contributed by atoms with Crippen molar-refractivity contribution < 1.29 is 4.74 Å². The molecule has 1 heterocycles. The van der Waals surface area contributed by atoms with Crippen LogP contribution in [0.25, 0.3) is 0 Å². The standard InChI is InChI=1S/C15H21ClN4O/c1-10-15(16)14(20(2)19-10)9-12(18-17)8-11-4-6-13(21-3)7-5-11/h4-7,12,18H,8-9,17H2,1-3H3. The third-order valence-corrected chi connectivity index (χ3v) is 4.07. The molecule has 21 heavy (non-hydrogen) atoms. The summed E-state index contributed by atoms with van der Waals surface area (Å²) in [5.41, 5.74) is 5.88. The Morgan fingerprint density at radius 1 is 1.33 bits per heavy atom. The Morgan fingerprint density at radius 3 is 2.48 bits per heavy atom. The van der Waals surface area contributed by atoms with Crippen molar-refractivity contribution in [1.82, 2.24) is 15.2 Å². The van der Waals surface area contributed by atoms with Gasteiger partial charge < -0.3 is 4.74 Å². The molecule has 0 saturated heterocycles. The van der Waals surface area contributed by atoms with E-state index in [2.05, 4.69) is 10.5 Å². The number of halogens is 1. The molecule has 0 saturated carbocycles. The first-order chi connectivity index (χ1) is 10.0. The summed E-state index contributed by atoms with van der Waals surface area (Å²) >= 11 is 6.29. The van der Waals surface area contributed by atoms with Gasteiger partial charge in [-0.15, -0.1) is 0 Å². The summed E-state index contributed by atoms with van der Waals surface area (Å²) in [6.07, 6.45) is 1.53. The minimum Gasteiger partial charge on any atom is -0.497 e. The smallest absolute Gasteiger partial charge is 0.118 e. The van der Waals surface area contributed by atoms with Crippen LogP contribution in [-0.4, -0.2) is 22.9 Å². The van der Waals surface area contributed by atoms with Gasteiger partial charge in [0.15, 0.2) is 0 Å². The van der Waals surface area contributed by atoms with E-state index in [0.29, 0.717) is 5.02 Å². The first-order valence-corrected chi connectivity index (χ1v) is 7.20. The summed E-state index contributed by atoms with van der Waals surface area (Å²) < 4.78 is 6.98. The van der Waals surface area contributed by atoms with Crippen LogP contribution in [0.5, 0.6) is 5.75 Å². The van der Waals surface area contributed by atoms with Gasteiger partial charge in [0.05, 0.1) is 23.5 Å². The highest BCUT2D eigenvalue weighted by Gasteiger charge is 2.16. The Kier molecular flexibility index (Phi) is 5.22. The van der Waals surface area contributed by atoms with Crippen LogP contribution in [0.1, 0.15) is 17.0 Å². The number of hydrogen-bond donors (Lipinski definition) is 2. The Labute approximate surface area is 130 Å². The van der Waals surface area contributed by atoms with E-state index in [-0.39, 0.29) is 6.04 Å². The Morgan fingerprint density at radius 2 is 2.00 bits per heavy atom. The minimum atomic E-state index is 0.0886. The van der Waals surface area contributed by atoms with Gasteiger partial charge in [0.2, 0.25) is 0 Å². The lowest BCUT2D eigenvalue weighted by Gasteiger charge is -2.16. The van der Waals surface area contributed by atoms with Crippen LogP contribution in [0.4, 0.5) is 0 Å². The number of hydrogen-bond acceptors (Lipinski definition) is 4. The van der Waals surface area contributed by atoms with Crippen LogP contribution >= 0.6 is 11.6 Å². The number of nitrogens with zero attached hydrogens (tertiary/aromatic N) is 2. The van der Waals surface area contributed by atoms with Crippen molar-refractivity contribution in [3.05, 3.63) is 46.2 Å². The maximum atomic E-state index is 6.29. The molecule has 0 aliphatic carbocycles. The van der Waals surface area contributed by atoms with Crippen molar-refractivity contribution in [2.45, 2.75) is 25.8 Å². The molecule has 0 spiro atoms. The zero-order chi connectivity index (χ0) is 15.4. The van der Waals surface area contributed by atoms with Gasteiger partial charge in [-0.3, -0.25) is 16.0 Å². The molecule has 0 radical (unpaired) electrons. The molecular weight excluding hydrogens is 288 g/mol. The summed E-state index contributed by atoms with van der Waals surface area (Å²) in [6.45, 7) is 1.90. The van der Waals surface area contributed by atoms with Crippen LogP contribution in [-0.2, 0) is 19.9 Å². The van der Waals surface area contributed by atoms with Crippen LogP contribution in [0.15, 0.2) is 24.3 Å². The second kappa shape index (κ2) is 6.93. The molecule has 2 aromatic rings. The fourth-order valence-corrected chi connectivity index (χ4v) is 2.61. The Bertz CT molecular complexity index is 594. The summed E-state index contributed by atoms with van der Waals surface area (Å²) in [7, 11) is 3.56. The van der Waals surface area contributed by atoms with Crippen molar-refractivity contribution in [3.63, 3.8) is 0 Å².